The summed E-state index contributed by atoms with van der Waals surface area (Å²) in [6.07, 6.45) is 0. The maximum Gasteiger partial charge on any atom is 0.0809 e. The molecule has 1 aromatic heterocycles. The zero-order valence-corrected chi connectivity index (χ0v) is 10.5. The van der Waals surface area contributed by atoms with Crippen LogP contribution in [0.25, 0.3) is 0 Å². The summed E-state index contributed by atoms with van der Waals surface area (Å²) in [6, 6.07) is 4.16. The van der Waals surface area contributed by atoms with Crippen LogP contribution < -0.4 is 0 Å². The summed E-state index contributed by atoms with van der Waals surface area (Å²) < 4.78 is 5.61. The molecular weight excluding hydrogens is 248 g/mol. The molecule has 74 valence electrons. The predicted octanol–water partition coefficient (Wildman–Crippen LogP) is 3.69. The number of thiophene rings is 1. The van der Waals surface area contributed by atoms with Gasteiger partial charge in [0.15, 0.2) is 0 Å². The topological polar surface area (TPSA) is 9.23 Å². The first kappa shape index (κ1) is 11.2. The van der Waals surface area contributed by atoms with Crippen molar-refractivity contribution in [3.05, 3.63) is 22.4 Å². The molecule has 0 saturated carbocycles. The lowest BCUT2D eigenvalue weighted by Crippen LogP contribution is -2.20. The summed E-state index contributed by atoms with van der Waals surface area (Å²) in [7, 11) is 0. The minimum Gasteiger partial charge on any atom is -0.375 e. The monoisotopic (exact) mass is 262 g/mol. The zero-order valence-electron chi connectivity index (χ0n) is 8.05. The van der Waals surface area contributed by atoms with Gasteiger partial charge < -0.3 is 4.74 Å². The van der Waals surface area contributed by atoms with Crippen LogP contribution in [0.2, 0.25) is 0 Å². The molecule has 0 saturated heterocycles. The molecule has 0 amide bonds. The Kier molecular flexibility index (Phi) is 4.42. The SMILES string of the molecule is CC(C)(CBr)COCc1cccs1. The van der Waals surface area contributed by atoms with Gasteiger partial charge in [0.25, 0.3) is 0 Å². The molecule has 0 aliphatic heterocycles. The summed E-state index contributed by atoms with van der Waals surface area (Å²) >= 11 is 5.22. The Morgan fingerprint density at radius 1 is 1.54 bits per heavy atom. The lowest BCUT2D eigenvalue weighted by Gasteiger charge is -2.20. The third kappa shape index (κ3) is 4.25. The van der Waals surface area contributed by atoms with Crippen molar-refractivity contribution in [2.45, 2.75) is 20.5 Å². The van der Waals surface area contributed by atoms with Gasteiger partial charge in [0.1, 0.15) is 0 Å². The molecule has 0 bridgehead atoms. The number of hydrogen-bond acceptors (Lipinski definition) is 2. The first-order valence-electron chi connectivity index (χ1n) is 4.30. The van der Waals surface area contributed by atoms with Gasteiger partial charge in [0.05, 0.1) is 13.2 Å². The summed E-state index contributed by atoms with van der Waals surface area (Å²) in [6.45, 7) is 5.93. The second kappa shape index (κ2) is 5.13. The van der Waals surface area contributed by atoms with Gasteiger partial charge in [0, 0.05) is 10.2 Å². The molecule has 0 spiro atoms. The van der Waals surface area contributed by atoms with Crippen LogP contribution in [0.4, 0.5) is 0 Å². The summed E-state index contributed by atoms with van der Waals surface area (Å²) in [4.78, 5) is 1.30. The lowest BCUT2D eigenvalue weighted by atomic mass is 9.99. The van der Waals surface area contributed by atoms with Crippen molar-refractivity contribution in [3.8, 4) is 0 Å². The number of hydrogen-bond donors (Lipinski definition) is 0. The van der Waals surface area contributed by atoms with E-state index in [1.165, 1.54) is 4.88 Å². The fourth-order valence-electron chi connectivity index (χ4n) is 0.861. The van der Waals surface area contributed by atoms with E-state index < -0.39 is 0 Å². The Balaban J connectivity index is 2.21. The Morgan fingerprint density at radius 2 is 2.31 bits per heavy atom. The lowest BCUT2D eigenvalue weighted by molar-refractivity contribution is 0.0640. The highest BCUT2D eigenvalue weighted by atomic mass is 79.9. The van der Waals surface area contributed by atoms with E-state index in [1.807, 2.05) is 0 Å². The van der Waals surface area contributed by atoms with Gasteiger partial charge in [-0.2, -0.15) is 0 Å². The van der Waals surface area contributed by atoms with Crippen LogP contribution >= 0.6 is 27.3 Å². The average Bonchev–Trinajstić information content (AvgIpc) is 2.57. The van der Waals surface area contributed by atoms with Gasteiger partial charge in [-0.15, -0.1) is 11.3 Å². The van der Waals surface area contributed by atoms with Crippen LogP contribution in [0.15, 0.2) is 17.5 Å². The number of ether oxygens (including phenoxy) is 1. The molecule has 13 heavy (non-hydrogen) atoms. The quantitative estimate of drug-likeness (QED) is 0.736. The molecule has 0 fully saturated rings. The minimum absolute atomic E-state index is 0.233. The van der Waals surface area contributed by atoms with Crippen LogP contribution in [-0.4, -0.2) is 11.9 Å². The zero-order chi connectivity index (χ0) is 9.73. The van der Waals surface area contributed by atoms with Crippen molar-refractivity contribution in [3.63, 3.8) is 0 Å². The van der Waals surface area contributed by atoms with Crippen LogP contribution in [-0.2, 0) is 11.3 Å². The number of halogens is 1. The molecule has 0 N–H and O–H groups in total. The molecule has 0 atom stereocenters. The normalized spacial score (nSPS) is 11.9. The predicted molar refractivity (Wildman–Crippen MR) is 61.6 cm³/mol. The summed E-state index contributed by atoms with van der Waals surface area (Å²) in [5.41, 5.74) is 0.233. The van der Waals surface area contributed by atoms with Gasteiger partial charge in [-0.25, -0.2) is 0 Å². The van der Waals surface area contributed by atoms with E-state index in [0.29, 0.717) is 0 Å². The molecule has 1 heterocycles. The molecular formula is C10H15BrOS. The van der Waals surface area contributed by atoms with Gasteiger partial charge >= 0.3 is 0 Å². The van der Waals surface area contributed by atoms with Crippen molar-refractivity contribution in [1.82, 2.24) is 0 Å². The first-order chi connectivity index (χ1) is 6.14. The average molecular weight is 263 g/mol. The maximum atomic E-state index is 5.61. The van der Waals surface area contributed by atoms with Crippen molar-refractivity contribution in [1.29, 1.82) is 0 Å². The van der Waals surface area contributed by atoms with Gasteiger partial charge in [0.2, 0.25) is 0 Å². The first-order valence-corrected chi connectivity index (χ1v) is 6.30. The van der Waals surface area contributed by atoms with E-state index >= 15 is 0 Å². The van der Waals surface area contributed by atoms with Crippen molar-refractivity contribution < 1.29 is 4.74 Å². The molecule has 1 nitrogen and oxygen atoms in total. The molecule has 3 heteroatoms. The van der Waals surface area contributed by atoms with Crippen LogP contribution in [0.5, 0.6) is 0 Å². The Morgan fingerprint density at radius 3 is 2.85 bits per heavy atom. The second-order valence-electron chi connectivity index (χ2n) is 3.87. The molecule has 1 aromatic rings. The third-order valence-corrected chi connectivity index (χ3v) is 4.05. The van der Waals surface area contributed by atoms with Crippen LogP contribution in [0.3, 0.4) is 0 Å². The molecule has 0 radical (unpaired) electrons. The Bertz CT molecular complexity index is 231. The molecule has 0 unspecified atom stereocenters. The van der Waals surface area contributed by atoms with Crippen molar-refractivity contribution >= 4 is 27.3 Å². The number of alkyl halides is 1. The largest absolute Gasteiger partial charge is 0.375 e. The van der Waals surface area contributed by atoms with E-state index in [-0.39, 0.29) is 5.41 Å². The van der Waals surface area contributed by atoms with E-state index in [9.17, 15) is 0 Å². The van der Waals surface area contributed by atoms with E-state index in [0.717, 1.165) is 18.5 Å². The highest BCUT2D eigenvalue weighted by Crippen LogP contribution is 2.19. The van der Waals surface area contributed by atoms with Gasteiger partial charge in [-0.3, -0.25) is 0 Å². The third-order valence-electron chi connectivity index (χ3n) is 1.68. The summed E-state index contributed by atoms with van der Waals surface area (Å²) in [5, 5.41) is 3.05. The standard InChI is InChI=1S/C10H15BrOS/c1-10(2,7-11)8-12-6-9-4-3-5-13-9/h3-5H,6-8H2,1-2H3. The number of rotatable bonds is 5. The van der Waals surface area contributed by atoms with E-state index in [2.05, 4.69) is 47.3 Å². The molecule has 0 aliphatic carbocycles. The minimum atomic E-state index is 0.233. The molecule has 1 rings (SSSR count). The molecule has 0 aromatic carbocycles. The van der Waals surface area contributed by atoms with E-state index in [1.54, 1.807) is 11.3 Å². The van der Waals surface area contributed by atoms with Crippen LogP contribution in [0.1, 0.15) is 18.7 Å². The van der Waals surface area contributed by atoms with Crippen LogP contribution in [0, 0.1) is 5.41 Å². The highest BCUT2D eigenvalue weighted by molar-refractivity contribution is 9.09. The van der Waals surface area contributed by atoms with E-state index in [4.69, 9.17) is 4.74 Å². The maximum absolute atomic E-state index is 5.61. The second-order valence-corrected chi connectivity index (χ2v) is 5.46. The Labute approximate surface area is 92.2 Å². The smallest absolute Gasteiger partial charge is 0.0809 e. The molecule has 0 aliphatic rings. The van der Waals surface area contributed by atoms with Gasteiger partial charge in [-0.1, -0.05) is 35.8 Å². The Hall–Kier alpha value is 0.140. The van der Waals surface area contributed by atoms with Crippen molar-refractivity contribution in [2.75, 3.05) is 11.9 Å². The fraction of sp³-hybridized carbons (Fsp3) is 0.600. The highest BCUT2D eigenvalue weighted by Gasteiger charge is 2.15. The van der Waals surface area contributed by atoms with Gasteiger partial charge in [-0.05, 0) is 16.9 Å². The van der Waals surface area contributed by atoms with Crippen molar-refractivity contribution in [2.24, 2.45) is 5.41 Å². The fourth-order valence-corrected chi connectivity index (χ4v) is 1.66. The summed E-state index contributed by atoms with van der Waals surface area (Å²) in [5.74, 6) is 0.